The molecule has 1 aliphatic heterocycles. The van der Waals surface area contributed by atoms with Crippen molar-refractivity contribution in [2.24, 2.45) is 7.05 Å². The molecule has 0 amide bonds. The molecule has 0 bridgehead atoms. The maximum atomic E-state index is 11.9. The Hall–Kier alpha value is -2.65. The van der Waals surface area contributed by atoms with Gasteiger partial charge in [-0.1, -0.05) is 29.8 Å². The molecule has 1 aliphatic rings. The number of anilines is 1. The molecule has 1 saturated heterocycles. The highest BCUT2D eigenvalue weighted by atomic mass is 32.2. The van der Waals surface area contributed by atoms with E-state index in [4.69, 9.17) is 0 Å². The molecule has 0 atom stereocenters. The number of fused-ring (bicyclic) bond motifs is 1. The number of piperazine rings is 1. The molecular weight excluding hydrogens is 412 g/mol. The van der Waals surface area contributed by atoms with E-state index in [9.17, 15) is 8.42 Å². The minimum atomic E-state index is -3.17. The van der Waals surface area contributed by atoms with Crippen LogP contribution in [-0.2, 0) is 23.6 Å². The van der Waals surface area contributed by atoms with Gasteiger partial charge in [0.25, 0.3) is 0 Å². The van der Waals surface area contributed by atoms with Crippen molar-refractivity contribution in [2.75, 3.05) is 37.3 Å². The quantitative estimate of drug-likeness (QED) is 0.549. The molecule has 0 saturated carbocycles. The molecule has 1 fully saturated rings. The van der Waals surface area contributed by atoms with Crippen LogP contribution in [-0.4, -0.2) is 64.5 Å². The zero-order valence-electron chi connectivity index (χ0n) is 18.6. The third-order valence-electron chi connectivity index (χ3n) is 5.76. The lowest BCUT2D eigenvalue weighted by Gasteiger charge is -2.33. The van der Waals surface area contributed by atoms with Crippen LogP contribution in [0, 0.1) is 0 Å². The van der Waals surface area contributed by atoms with Crippen molar-refractivity contribution in [3.8, 4) is 11.4 Å². The Labute approximate surface area is 183 Å². The van der Waals surface area contributed by atoms with Gasteiger partial charge in [-0.25, -0.2) is 8.42 Å². The van der Waals surface area contributed by atoms with Crippen molar-refractivity contribution < 1.29 is 8.42 Å². The third kappa shape index (κ3) is 4.38. The average molecular weight is 443 g/mol. The van der Waals surface area contributed by atoms with E-state index in [1.807, 2.05) is 19.2 Å². The topological polar surface area (TPSA) is 76.3 Å². The largest absolute Gasteiger partial charge is 0.350 e. The van der Waals surface area contributed by atoms with Crippen molar-refractivity contribution in [1.82, 2.24) is 23.6 Å². The Bertz CT molecular complexity index is 1210. The van der Waals surface area contributed by atoms with Gasteiger partial charge in [0.2, 0.25) is 16.0 Å². The summed E-state index contributed by atoms with van der Waals surface area (Å²) in [6.07, 6.45) is 6.48. The Kier molecular flexibility index (Phi) is 5.90. The summed E-state index contributed by atoms with van der Waals surface area (Å²) in [5, 5.41) is 10.3. The molecule has 9 heteroatoms. The standard InChI is InChI=1S/C22H30N6O2S/c1-17(2)8-7-11-28-21(19-16-25(3)20-10-6-5-9-18(19)20)23-24-22(28)26-12-14-27(15-13-26)31(4,29)30/h5-6,8-10,16H,7,11-15H2,1-4H3. The second-order valence-corrected chi connectivity index (χ2v) is 10.3. The summed E-state index contributed by atoms with van der Waals surface area (Å²) in [5.41, 5.74) is 3.49. The first kappa shape index (κ1) is 21.6. The van der Waals surface area contributed by atoms with E-state index in [1.165, 1.54) is 16.1 Å². The number of hydrogen-bond acceptors (Lipinski definition) is 5. The van der Waals surface area contributed by atoms with E-state index in [-0.39, 0.29) is 0 Å². The van der Waals surface area contributed by atoms with Crippen molar-refractivity contribution >= 4 is 26.9 Å². The molecule has 31 heavy (non-hydrogen) atoms. The predicted molar refractivity (Wildman–Crippen MR) is 125 cm³/mol. The first-order valence-corrected chi connectivity index (χ1v) is 12.4. The van der Waals surface area contributed by atoms with Crippen LogP contribution in [0.4, 0.5) is 5.95 Å². The highest BCUT2D eigenvalue weighted by Gasteiger charge is 2.27. The second kappa shape index (κ2) is 8.47. The second-order valence-electron chi connectivity index (χ2n) is 8.37. The van der Waals surface area contributed by atoms with Gasteiger partial charge >= 0.3 is 0 Å². The summed E-state index contributed by atoms with van der Waals surface area (Å²) in [6, 6.07) is 8.30. The van der Waals surface area contributed by atoms with Gasteiger partial charge < -0.3 is 9.47 Å². The molecule has 3 aromatic rings. The lowest BCUT2D eigenvalue weighted by molar-refractivity contribution is 0.383. The number of aromatic nitrogens is 4. The number of rotatable bonds is 6. The molecule has 0 spiro atoms. The number of sulfonamides is 1. The summed E-state index contributed by atoms with van der Waals surface area (Å²) in [6.45, 7) is 7.09. The van der Waals surface area contributed by atoms with Gasteiger partial charge in [-0.2, -0.15) is 4.31 Å². The molecular formula is C22H30N6O2S. The van der Waals surface area contributed by atoms with Crippen molar-refractivity contribution in [1.29, 1.82) is 0 Å². The minimum absolute atomic E-state index is 0.462. The van der Waals surface area contributed by atoms with Crippen molar-refractivity contribution in [3.05, 3.63) is 42.1 Å². The maximum absolute atomic E-state index is 11.9. The molecule has 4 rings (SSSR count). The van der Waals surface area contributed by atoms with Gasteiger partial charge in [0, 0.05) is 62.4 Å². The van der Waals surface area contributed by atoms with E-state index >= 15 is 0 Å². The van der Waals surface area contributed by atoms with Crippen LogP contribution in [0.1, 0.15) is 20.3 Å². The van der Waals surface area contributed by atoms with Crippen LogP contribution >= 0.6 is 0 Å². The lowest BCUT2D eigenvalue weighted by Crippen LogP contribution is -2.49. The lowest BCUT2D eigenvalue weighted by atomic mass is 10.1. The number of nitrogens with zero attached hydrogens (tertiary/aromatic N) is 6. The number of para-hydroxylation sites is 1. The molecule has 0 unspecified atom stereocenters. The van der Waals surface area contributed by atoms with Crippen molar-refractivity contribution in [2.45, 2.75) is 26.8 Å². The summed E-state index contributed by atoms with van der Waals surface area (Å²) >= 11 is 0. The molecule has 0 N–H and O–H groups in total. The first-order valence-electron chi connectivity index (χ1n) is 10.6. The van der Waals surface area contributed by atoms with Crippen LogP contribution in [0.25, 0.3) is 22.3 Å². The van der Waals surface area contributed by atoms with Crippen LogP contribution in [0.2, 0.25) is 0 Å². The molecule has 8 nitrogen and oxygen atoms in total. The van der Waals surface area contributed by atoms with Crippen molar-refractivity contribution in [3.63, 3.8) is 0 Å². The third-order valence-corrected chi connectivity index (χ3v) is 7.07. The van der Waals surface area contributed by atoms with Crippen LogP contribution in [0.5, 0.6) is 0 Å². The summed E-state index contributed by atoms with van der Waals surface area (Å²) in [4.78, 5) is 2.14. The molecule has 166 valence electrons. The normalized spacial score (nSPS) is 15.5. The molecule has 1 aromatic carbocycles. The van der Waals surface area contributed by atoms with Gasteiger partial charge in [0.15, 0.2) is 5.82 Å². The minimum Gasteiger partial charge on any atom is -0.350 e. The van der Waals surface area contributed by atoms with E-state index in [2.05, 4.69) is 62.5 Å². The van der Waals surface area contributed by atoms with Gasteiger partial charge in [0.1, 0.15) is 0 Å². The fourth-order valence-electron chi connectivity index (χ4n) is 4.16. The first-order chi connectivity index (χ1) is 14.8. The van der Waals surface area contributed by atoms with Gasteiger partial charge in [0.05, 0.1) is 6.26 Å². The van der Waals surface area contributed by atoms with Gasteiger partial charge in [-0.05, 0) is 26.3 Å². The van der Waals surface area contributed by atoms with Crippen LogP contribution in [0.15, 0.2) is 42.1 Å². The SMILES string of the molecule is CC(C)=CCCn1c(-c2cn(C)c3ccccc23)nnc1N1CCN(S(C)(=O)=O)CC1. The van der Waals surface area contributed by atoms with E-state index in [0.717, 1.165) is 41.2 Å². The number of aryl methyl sites for hydroxylation is 1. The monoisotopic (exact) mass is 442 g/mol. The predicted octanol–water partition coefficient (Wildman–Crippen LogP) is 2.87. The summed E-state index contributed by atoms with van der Waals surface area (Å²) in [5.74, 6) is 1.65. The molecule has 0 aliphatic carbocycles. The smallest absolute Gasteiger partial charge is 0.227 e. The van der Waals surface area contributed by atoms with Gasteiger partial charge in [-0.15, -0.1) is 10.2 Å². The van der Waals surface area contributed by atoms with Gasteiger partial charge in [-0.3, -0.25) is 4.57 Å². The number of hydrogen-bond donors (Lipinski definition) is 0. The Morgan fingerprint density at radius 3 is 2.48 bits per heavy atom. The summed E-state index contributed by atoms with van der Waals surface area (Å²) in [7, 11) is -1.13. The van der Waals surface area contributed by atoms with E-state index < -0.39 is 10.0 Å². The van der Waals surface area contributed by atoms with Crippen LogP contribution in [0.3, 0.4) is 0 Å². The molecule has 2 aromatic heterocycles. The average Bonchev–Trinajstić information content (AvgIpc) is 3.28. The van der Waals surface area contributed by atoms with E-state index in [0.29, 0.717) is 26.2 Å². The molecule has 3 heterocycles. The zero-order valence-corrected chi connectivity index (χ0v) is 19.4. The molecule has 0 radical (unpaired) electrons. The van der Waals surface area contributed by atoms with E-state index in [1.54, 1.807) is 0 Å². The Morgan fingerprint density at radius 1 is 1.10 bits per heavy atom. The maximum Gasteiger partial charge on any atom is 0.227 e. The Morgan fingerprint density at radius 2 is 1.81 bits per heavy atom. The summed E-state index contributed by atoms with van der Waals surface area (Å²) < 4.78 is 29.6. The number of benzene rings is 1. The highest BCUT2D eigenvalue weighted by Crippen LogP contribution is 2.31. The highest BCUT2D eigenvalue weighted by molar-refractivity contribution is 7.88. The number of allylic oxidation sites excluding steroid dienone is 2. The fourth-order valence-corrected chi connectivity index (χ4v) is 4.98. The Balaban J connectivity index is 1.71. The fraction of sp³-hybridized carbons (Fsp3) is 0.455. The van der Waals surface area contributed by atoms with Crippen LogP contribution < -0.4 is 4.90 Å². The zero-order chi connectivity index (χ0) is 22.2.